The van der Waals surface area contributed by atoms with Crippen LogP contribution in [0.25, 0.3) is 0 Å². The summed E-state index contributed by atoms with van der Waals surface area (Å²) in [4.78, 5) is 0. The third kappa shape index (κ3) is 6.91. The van der Waals surface area contributed by atoms with E-state index in [1.165, 1.54) is 45.1 Å². The van der Waals surface area contributed by atoms with Gasteiger partial charge in [-0.05, 0) is 53.1 Å². The van der Waals surface area contributed by atoms with Crippen LogP contribution >= 0.6 is 0 Å². The van der Waals surface area contributed by atoms with Crippen LogP contribution in [0.1, 0.15) is 59.3 Å². The maximum Gasteiger partial charge on any atom is 0.00965 e. The molecule has 1 fully saturated rings. The van der Waals surface area contributed by atoms with Gasteiger partial charge in [-0.2, -0.15) is 0 Å². The molecule has 0 aliphatic heterocycles. The van der Waals surface area contributed by atoms with Crippen molar-refractivity contribution in [2.45, 2.75) is 70.9 Å². The molecule has 15 heavy (non-hydrogen) atoms. The molecule has 0 aromatic heterocycles. The van der Waals surface area contributed by atoms with E-state index in [1.807, 2.05) is 0 Å². The Labute approximate surface area is 95.2 Å². The van der Waals surface area contributed by atoms with E-state index in [2.05, 4.69) is 31.4 Å². The number of nitrogens with one attached hydrogen (secondary N) is 2. The average molecular weight is 212 g/mol. The molecule has 90 valence electrons. The SMILES string of the molecule is CC(C)(C)NCCCNC1CCCCC1. The van der Waals surface area contributed by atoms with Crippen LogP contribution in [0.3, 0.4) is 0 Å². The van der Waals surface area contributed by atoms with Gasteiger partial charge < -0.3 is 10.6 Å². The fourth-order valence-electron chi connectivity index (χ4n) is 2.16. The summed E-state index contributed by atoms with van der Waals surface area (Å²) in [6.45, 7) is 8.97. The van der Waals surface area contributed by atoms with Crippen molar-refractivity contribution in [1.29, 1.82) is 0 Å². The van der Waals surface area contributed by atoms with Crippen LogP contribution in [0.2, 0.25) is 0 Å². The van der Waals surface area contributed by atoms with Gasteiger partial charge in [0, 0.05) is 11.6 Å². The molecule has 1 aliphatic carbocycles. The molecule has 1 rings (SSSR count). The first-order valence-corrected chi connectivity index (χ1v) is 6.56. The van der Waals surface area contributed by atoms with Crippen LogP contribution in [0.15, 0.2) is 0 Å². The highest BCUT2D eigenvalue weighted by Crippen LogP contribution is 2.17. The van der Waals surface area contributed by atoms with Crippen molar-refractivity contribution in [3.8, 4) is 0 Å². The predicted molar refractivity (Wildman–Crippen MR) is 67.2 cm³/mol. The summed E-state index contributed by atoms with van der Waals surface area (Å²) in [5.74, 6) is 0. The Kier molecular flexibility index (Phi) is 5.62. The standard InChI is InChI=1S/C13H28N2/c1-13(2,3)15-11-7-10-14-12-8-5-4-6-9-12/h12,14-15H,4-11H2,1-3H3. The van der Waals surface area contributed by atoms with Gasteiger partial charge in [0.05, 0.1) is 0 Å². The monoisotopic (exact) mass is 212 g/mol. The highest BCUT2D eigenvalue weighted by Gasteiger charge is 2.12. The molecule has 0 atom stereocenters. The van der Waals surface area contributed by atoms with E-state index in [9.17, 15) is 0 Å². The molecular weight excluding hydrogens is 184 g/mol. The smallest absolute Gasteiger partial charge is 0.00965 e. The second-order valence-electron chi connectivity index (χ2n) is 5.82. The van der Waals surface area contributed by atoms with Crippen molar-refractivity contribution in [2.75, 3.05) is 13.1 Å². The molecule has 1 aliphatic rings. The third-order valence-electron chi connectivity index (χ3n) is 3.05. The van der Waals surface area contributed by atoms with Crippen molar-refractivity contribution in [1.82, 2.24) is 10.6 Å². The molecule has 0 spiro atoms. The second-order valence-corrected chi connectivity index (χ2v) is 5.82. The molecule has 1 saturated carbocycles. The van der Waals surface area contributed by atoms with Crippen molar-refractivity contribution in [3.05, 3.63) is 0 Å². The van der Waals surface area contributed by atoms with Crippen molar-refractivity contribution in [3.63, 3.8) is 0 Å². The van der Waals surface area contributed by atoms with E-state index in [0.717, 1.165) is 12.6 Å². The summed E-state index contributed by atoms with van der Waals surface area (Å²) in [6, 6.07) is 0.813. The zero-order chi connectivity index (χ0) is 11.1. The van der Waals surface area contributed by atoms with E-state index in [-0.39, 0.29) is 5.54 Å². The Hall–Kier alpha value is -0.0800. The van der Waals surface area contributed by atoms with Gasteiger partial charge in [-0.3, -0.25) is 0 Å². The molecule has 0 aromatic rings. The van der Waals surface area contributed by atoms with E-state index in [1.54, 1.807) is 0 Å². The summed E-state index contributed by atoms with van der Waals surface area (Å²) in [5, 5.41) is 7.19. The lowest BCUT2D eigenvalue weighted by atomic mass is 9.95. The number of hydrogen-bond donors (Lipinski definition) is 2. The van der Waals surface area contributed by atoms with Crippen LogP contribution in [-0.2, 0) is 0 Å². The molecular formula is C13H28N2. The van der Waals surface area contributed by atoms with Gasteiger partial charge in [0.2, 0.25) is 0 Å². The van der Waals surface area contributed by atoms with Crippen molar-refractivity contribution in [2.24, 2.45) is 0 Å². The fourth-order valence-corrected chi connectivity index (χ4v) is 2.16. The summed E-state index contributed by atoms with van der Waals surface area (Å²) in [6.07, 6.45) is 8.34. The molecule has 0 bridgehead atoms. The highest BCUT2D eigenvalue weighted by molar-refractivity contribution is 4.73. The summed E-state index contributed by atoms with van der Waals surface area (Å²) in [7, 11) is 0. The van der Waals surface area contributed by atoms with Gasteiger partial charge in [-0.25, -0.2) is 0 Å². The third-order valence-corrected chi connectivity index (χ3v) is 3.05. The second kappa shape index (κ2) is 6.49. The van der Waals surface area contributed by atoms with Crippen LogP contribution in [0, 0.1) is 0 Å². The lowest BCUT2D eigenvalue weighted by Gasteiger charge is -2.24. The zero-order valence-electron chi connectivity index (χ0n) is 10.7. The molecule has 2 heteroatoms. The molecule has 0 amide bonds. The molecule has 0 heterocycles. The highest BCUT2D eigenvalue weighted by atomic mass is 15.0. The maximum atomic E-state index is 3.67. The maximum absolute atomic E-state index is 3.67. The fraction of sp³-hybridized carbons (Fsp3) is 1.00. The van der Waals surface area contributed by atoms with Gasteiger partial charge in [0.15, 0.2) is 0 Å². The molecule has 0 unspecified atom stereocenters. The predicted octanol–water partition coefficient (Wildman–Crippen LogP) is 2.69. The van der Waals surface area contributed by atoms with E-state index < -0.39 is 0 Å². The first-order chi connectivity index (χ1) is 7.08. The minimum absolute atomic E-state index is 0.269. The lowest BCUT2D eigenvalue weighted by Crippen LogP contribution is -2.38. The van der Waals surface area contributed by atoms with E-state index in [4.69, 9.17) is 0 Å². The molecule has 2 N–H and O–H groups in total. The number of rotatable bonds is 5. The Balaban J connectivity index is 1.92. The largest absolute Gasteiger partial charge is 0.314 e. The molecule has 0 radical (unpaired) electrons. The average Bonchev–Trinajstić information content (AvgIpc) is 2.17. The first-order valence-electron chi connectivity index (χ1n) is 6.56. The van der Waals surface area contributed by atoms with Crippen LogP contribution in [0.4, 0.5) is 0 Å². The topological polar surface area (TPSA) is 24.1 Å². The van der Waals surface area contributed by atoms with Gasteiger partial charge in [-0.15, -0.1) is 0 Å². The summed E-state index contributed by atoms with van der Waals surface area (Å²) < 4.78 is 0. The zero-order valence-corrected chi connectivity index (χ0v) is 10.7. The van der Waals surface area contributed by atoms with Crippen molar-refractivity contribution < 1.29 is 0 Å². The van der Waals surface area contributed by atoms with Crippen LogP contribution in [-0.4, -0.2) is 24.7 Å². The Morgan fingerprint density at radius 2 is 1.67 bits per heavy atom. The minimum atomic E-state index is 0.269. The normalized spacial score (nSPS) is 19.4. The van der Waals surface area contributed by atoms with Gasteiger partial charge in [0.25, 0.3) is 0 Å². The van der Waals surface area contributed by atoms with Crippen LogP contribution in [0.5, 0.6) is 0 Å². The summed E-state index contributed by atoms with van der Waals surface area (Å²) >= 11 is 0. The Bertz CT molecular complexity index is 154. The van der Waals surface area contributed by atoms with E-state index in [0.29, 0.717) is 0 Å². The summed E-state index contributed by atoms with van der Waals surface area (Å²) in [5.41, 5.74) is 0.269. The quantitative estimate of drug-likeness (QED) is 0.685. The Morgan fingerprint density at radius 1 is 1.00 bits per heavy atom. The van der Waals surface area contributed by atoms with Crippen molar-refractivity contribution >= 4 is 0 Å². The van der Waals surface area contributed by atoms with Gasteiger partial charge >= 0.3 is 0 Å². The van der Waals surface area contributed by atoms with Gasteiger partial charge in [0.1, 0.15) is 0 Å². The van der Waals surface area contributed by atoms with Crippen LogP contribution < -0.4 is 10.6 Å². The minimum Gasteiger partial charge on any atom is -0.314 e. The number of hydrogen-bond acceptors (Lipinski definition) is 2. The first kappa shape index (κ1) is 13.0. The Morgan fingerprint density at radius 3 is 2.27 bits per heavy atom. The lowest BCUT2D eigenvalue weighted by molar-refractivity contribution is 0.363. The van der Waals surface area contributed by atoms with E-state index >= 15 is 0 Å². The molecule has 0 aromatic carbocycles. The molecule has 2 nitrogen and oxygen atoms in total. The van der Waals surface area contributed by atoms with Gasteiger partial charge in [-0.1, -0.05) is 19.3 Å². The molecule has 0 saturated heterocycles.